The SMILES string of the molecule is CC(C)CC(C=O)OC(=O)n1ccnc1. The molecule has 0 N–H and O–H groups in total. The number of nitrogens with zero attached hydrogens (tertiary/aromatic N) is 2. The number of imidazole rings is 1. The van der Waals surface area contributed by atoms with E-state index in [-0.39, 0.29) is 0 Å². The molecule has 82 valence electrons. The molecule has 0 aliphatic carbocycles. The summed E-state index contributed by atoms with van der Waals surface area (Å²) in [5.41, 5.74) is 0. The minimum Gasteiger partial charge on any atom is -0.438 e. The number of carbonyl (C=O) groups excluding carboxylic acids is 2. The molecule has 0 bridgehead atoms. The molecule has 0 aliphatic heterocycles. The van der Waals surface area contributed by atoms with Crippen LogP contribution in [-0.2, 0) is 9.53 Å². The molecule has 0 aliphatic rings. The van der Waals surface area contributed by atoms with Crippen molar-refractivity contribution < 1.29 is 14.3 Å². The predicted octanol–water partition coefficient (Wildman–Crippen LogP) is 1.48. The van der Waals surface area contributed by atoms with Crippen molar-refractivity contribution in [2.75, 3.05) is 0 Å². The van der Waals surface area contributed by atoms with Gasteiger partial charge in [0.2, 0.25) is 0 Å². The highest BCUT2D eigenvalue weighted by Gasteiger charge is 2.15. The molecule has 0 saturated heterocycles. The van der Waals surface area contributed by atoms with E-state index in [1.807, 2.05) is 13.8 Å². The Morgan fingerprint density at radius 2 is 2.33 bits per heavy atom. The summed E-state index contributed by atoms with van der Waals surface area (Å²) in [7, 11) is 0. The van der Waals surface area contributed by atoms with Gasteiger partial charge in [0.25, 0.3) is 0 Å². The number of carbonyl (C=O) groups is 2. The lowest BCUT2D eigenvalue weighted by atomic mass is 10.1. The molecule has 1 aromatic heterocycles. The molecule has 1 atom stereocenters. The van der Waals surface area contributed by atoms with Gasteiger partial charge < -0.3 is 4.74 Å². The van der Waals surface area contributed by atoms with Gasteiger partial charge in [-0.15, -0.1) is 0 Å². The second-order valence-electron chi connectivity index (χ2n) is 3.66. The first kappa shape index (κ1) is 11.4. The lowest BCUT2D eigenvalue weighted by Gasteiger charge is -2.13. The smallest absolute Gasteiger partial charge is 0.419 e. The van der Waals surface area contributed by atoms with Crippen molar-refractivity contribution in [1.29, 1.82) is 0 Å². The van der Waals surface area contributed by atoms with E-state index in [9.17, 15) is 9.59 Å². The fourth-order valence-electron chi connectivity index (χ4n) is 1.15. The highest BCUT2D eigenvalue weighted by molar-refractivity contribution is 5.73. The number of aldehydes is 1. The lowest BCUT2D eigenvalue weighted by Crippen LogP contribution is -2.24. The molecule has 0 spiro atoms. The second kappa shape index (κ2) is 5.29. The lowest BCUT2D eigenvalue weighted by molar-refractivity contribution is -0.115. The Hall–Kier alpha value is -1.65. The van der Waals surface area contributed by atoms with Crippen LogP contribution in [0.4, 0.5) is 4.79 Å². The van der Waals surface area contributed by atoms with Crippen molar-refractivity contribution in [3.8, 4) is 0 Å². The molecule has 5 nitrogen and oxygen atoms in total. The molecule has 0 fully saturated rings. The Labute approximate surface area is 88.1 Å². The van der Waals surface area contributed by atoms with Crippen molar-refractivity contribution in [3.63, 3.8) is 0 Å². The molecule has 0 saturated carbocycles. The van der Waals surface area contributed by atoms with Crippen LogP contribution in [0.25, 0.3) is 0 Å². The molecule has 0 aromatic carbocycles. The molecule has 5 heteroatoms. The number of hydrogen-bond donors (Lipinski definition) is 0. The maximum Gasteiger partial charge on any atom is 0.419 e. The predicted molar refractivity (Wildman–Crippen MR) is 53.4 cm³/mol. The summed E-state index contributed by atoms with van der Waals surface area (Å²) in [6.45, 7) is 3.92. The van der Waals surface area contributed by atoms with Crippen LogP contribution in [0.2, 0.25) is 0 Å². The van der Waals surface area contributed by atoms with Gasteiger partial charge in [-0.1, -0.05) is 13.8 Å². The highest BCUT2D eigenvalue weighted by atomic mass is 16.6. The zero-order chi connectivity index (χ0) is 11.3. The maximum atomic E-state index is 11.4. The van der Waals surface area contributed by atoms with Crippen molar-refractivity contribution in [2.45, 2.75) is 26.4 Å². The van der Waals surface area contributed by atoms with Gasteiger partial charge in [-0.25, -0.2) is 14.3 Å². The second-order valence-corrected chi connectivity index (χ2v) is 3.66. The van der Waals surface area contributed by atoms with Gasteiger partial charge in [0, 0.05) is 12.4 Å². The summed E-state index contributed by atoms with van der Waals surface area (Å²) in [4.78, 5) is 25.8. The molecule has 0 radical (unpaired) electrons. The maximum absolute atomic E-state index is 11.4. The summed E-state index contributed by atoms with van der Waals surface area (Å²) in [6.07, 6.45) is 4.20. The Kier molecular flexibility index (Phi) is 4.03. The Bertz CT molecular complexity index is 319. The molecular formula is C10H14N2O3. The fraction of sp³-hybridized carbons (Fsp3) is 0.500. The first-order valence-electron chi connectivity index (χ1n) is 4.77. The van der Waals surface area contributed by atoms with Crippen LogP contribution in [0.15, 0.2) is 18.7 Å². The van der Waals surface area contributed by atoms with Crippen LogP contribution < -0.4 is 0 Å². The first-order chi connectivity index (χ1) is 7.13. The summed E-state index contributed by atoms with van der Waals surface area (Å²) < 4.78 is 6.16. The molecule has 15 heavy (non-hydrogen) atoms. The number of ether oxygens (including phenoxy) is 1. The van der Waals surface area contributed by atoms with Crippen LogP contribution in [0.1, 0.15) is 20.3 Å². The van der Waals surface area contributed by atoms with E-state index in [4.69, 9.17) is 4.74 Å². The normalized spacial score (nSPS) is 12.5. The minimum atomic E-state index is -0.681. The van der Waals surface area contributed by atoms with E-state index in [1.165, 1.54) is 23.3 Å². The number of aromatic nitrogens is 2. The standard InChI is InChI=1S/C10H14N2O3/c1-8(2)5-9(6-13)15-10(14)12-4-3-11-7-12/h3-4,6-9H,5H2,1-2H3. The minimum absolute atomic E-state index is 0.302. The fourth-order valence-corrected chi connectivity index (χ4v) is 1.15. The van der Waals surface area contributed by atoms with Crippen molar-refractivity contribution in [3.05, 3.63) is 18.7 Å². The number of hydrogen-bond acceptors (Lipinski definition) is 4. The van der Waals surface area contributed by atoms with E-state index >= 15 is 0 Å². The zero-order valence-corrected chi connectivity index (χ0v) is 8.79. The van der Waals surface area contributed by atoms with E-state index in [0.29, 0.717) is 18.6 Å². The Morgan fingerprint density at radius 1 is 1.60 bits per heavy atom. The van der Waals surface area contributed by atoms with E-state index < -0.39 is 12.2 Å². The van der Waals surface area contributed by atoms with Gasteiger partial charge in [-0.05, 0) is 12.3 Å². The topological polar surface area (TPSA) is 61.2 Å². The van der Waals surface area contributed by atoms with Gasteiger partial charge in [0.1, 0.15) is 6.33 Å². The summed E-state index contributed by atoms with van der Waals surface area (Å²) in [6, 6.07) is 0. The zero-order valence-electron chi connectivity index (χ0n) is 8.79. The average Bonchev–Trinajstić information content (AvgIpc) is 2.68. The monoisotopic (exact) mass is 210 g/mol. The highest BCUT2D eigenvalue weighted by Crippen LogP contribution is 2.07. The molecule has 1 heterocycles. The Balaban J connectivity index is 2.52. The van der Waals surface area contributed by atoms with Crippen LogP contribution >= 0.6 is 0 Å². The third-order valence-electron chi connectivity index (χ3n) is 1.82. The molecule has 0 amide bonds. The molecular weight excluding hydrogens is 196 g/mol. The van der Waals surface area contributed by atoms with E-state index in [2.05, 4.69) is 4.98 Å². The summed E-state index contributed by atoms with van der Waals surface area (Å²) >= 11 is 0. The van der Waals surface area contributed by atoms with Crippen LogP contribution in [0.5, 0.6) is 0 Å². The summed E-state index contributed by atoms with van der Waals surface area (Å²) in [5, 5.41) is 0. The average molecular weight is 210 g/mol. The Morgan fingerprint density at radius 3 is 2.80 bits per heavy atom. The van der Waals surface area contributed by atoms with Crippen LogP contribution in [0, 0.1) is 5.92 Å². The van der Waals surface area contributed by atoms with E-state index in [1.54, 1.807) is 0 Å². The van der Waals surface area contributed by atoms with Crippen LogP contribution in [0.3, 0.4) is 0 Å². The van der Waals surface area contributed by atoms with Gasteiger partial charge >= 0.3 is 6.09 Å². The molecule has 1 aromatic rings. The third-order valence-corrected chi connectivity index (χ3v) is 1.82. The van der Waals surface area contributed by atoms with Gasteiger partial charge in [-0.3, -0.25) is 4.79 Å². The van der Waals surface area contributed by atoms with Crippen molar-refractivity contribution in [2.24, 2.45) is 5.92 Å². The van der Waals surface area contributed by atoms with Crippen molar-refractivity contribution >= 4 is 12.4 Å². The summed E-state index contributed by atoms with van der Waals surface area (Å²) in [5.74, 6) is 0.302. The van der Waals surface area contributed by atoms with Gasteiger partial charge in [0.05, 0.1) is 0 Å². The van der Waals surface area contributed by atoms with Gasteiger partial charge in [-0.2, -0.15) is 0 Å². The molecule has 1 rings (SSSR count). The third kappa shape index (κ3) is 3.53. The number of rotatable bonds is 4. The largest absolute Gasteiger partial charge is 0.438 e. The van der Waals surface area contributed by atoms with Gasteiger partial charge in [0.15, 0.2) is 12.4 Å². The van der Waals surface area contributed by atoms with Crippen LogP contribution in [-0.4, -0.2) is 28.0 Å². The van der Waals surface area contributed by atoms with Crippen molar-refractivity contribution in [1.82, 2.24) is 9.55 Å². The van der Waals surface area contributed by atoms with E-state index in [0.717, 1.165) is 0 Å². The first-order valence-corrected chi connectivity index (χ1v) is 4.77. The molecule has 1 unspecified atom stereocenters. The quantitative estimate of drug-likeness (QED) is 0.706.